The molecule has 0 aliphatic rings. The lowest BCUT2D eigenvalue weighted by Crippen LogP contribution is -2.44. The van der Waals surface area contributed by atoms with Gasteiger partial charge in [0.05, 0.1) is 0 Å². The molecule has 7 heteroatoms. The fourth-order valence-corrected chi connectivity index (χ4v) is 1.66. The van der Waals surface area contributed by atoms with Crippen molar-refractivity contribution in [2.75, 3.05) is 20.1 Å². The summed E-state index contributed by atoms with van der Waals surface area (Å²) in [6, 6.07) is 4.73. The van der Waals surface area contributed by atoms with E-state index in [4.69, 9.17) is 0 Å². The highest BCUT2D eigenvalue weighted by atomic mass is 127. The Morgan fingerprint density at radius 2 is 1.91 bits per heavy atom. The maximum Gasteiger partial charge on any atom is 0.251 e. The van der Waals surface area contributed by atoms with Gasteiger partial charge in [0.15, 0.2) is 5.96 Å². The number of hydrogen-bond acceptors (Lipinski definition) is 2. The number of carbonyl (C=O) groups excluding carboxylic acids is 1. The molecule has 0 heterocycles. The molecule has 1 amide bonds. The summed E-state index contributed by atoms with van der Waals surface area (Å²) in [5, 5.41) is 8.95. The van der Waals surface area contributed by atoms with Crippen molar-refractivity contribution in [3.8, 4) is 0 Å². The van der Waals surface area contributed by atoms with Crippen LogP contribution in [0.5, 0.6) is 0 Å². The Labute approximate surface area is 148 Å². The van der Waals surface area contributed by atoms with Crippen molar-refractivity contribution in [3.63, 3.8) is 0 Å². The molecule has 0 radical (unpaired) electrons. The van der Waals surface area contributed by atoms with Crippen LogP contribution in [0.1, 0.15) is 29.8 Å². The van der Waals surface area contributed by atoms with E-state index in [1.807, 2.05) is 13.8 Å². The fraction of sp³-hybridized carbons (Fsp3) is 0.467. The number of guanidine groups is 1. The van der Waals surface area contributed by atoms with Crippen molar-refractivity contribution in [1.29, 1.82) is 0 Å². The molecular formula is C15H24FIN4O. The van der Waals surface area contributed by atoms with E-state index in [1.165, 1.54) is 6.07 Å². The summed E-state index contributed by atoms with van der Waals surface area (Å²) in [4.78, 5) is 15.9. The number of benzene rings is 1. The third kappa shape index (κ3) is 7.06. The monoisotopic (exact) mass is 422 g/mol. The lowest BCUT2D eigenvalue weighted by Gasteiger charge is -2.14. The molecule has 0 unspecified atom stereocenters. The summed E-state index contributed by atoms with van der Waals surface area (Å²) < 4.78 is 13.4. The van der Waals surface area contributed by atoms with Crippen LogP contribution >= 0.6 is 24.0 Å². The van der Waals surface area contributed by atoms with Gasteiger partial charge in [-0.3, -0.25) is 9.79 Å². The van der Waals surface area contributed by atoms with E-state index in [0.29, 0.717) is 30.2 Å². The summed E-state index contributed by atoms with van der Waals surface area (Å²) in [5.74, 6) is 0.0189. The van der Waals surface area contributed by atoms with Crippen molar-refractivity contribution in [2.24, 2.45) is 4.99 Å². The molecule has 3 N–H and O–H groups in total. The van der Waals surface area contributed by atoms with Crippen LogP contribution in [-0.2, 0) is 0 Å². The normalized spacial score (nSPS) is 10.9. The van der Waals surface area contributed by atoms with E-state index in [9.17, 15) is 9.18 Å². The van der Waals surface area contributed by atoms with Crippen molar-refractivity contribution < 1.29 is 9.18 Å². The number of hydrogen-bond donors (Lipinski definition) is 3. The molecule has 0 bridgehead atoms. The average Bonchev–Trinajstić information content (AvgIpc) is 2.44. The highest BCUT2D eigenvalue weighted by Gasteiger charge is 2.07. The molecule has 0 aliphatic heterocycles. The summed E-state index contributed by atoms with van der Waals surface area (Å²) in [6.07, 6.45) is 0. The second kappa shape index (κ2) is 10.4. The molecule has 0 saturated carbocycles. The Hall–Kier alpha value is -1.38. The van der Waals surface area contributed by atoms with Gasteiger partial charge in [-0.15, -0.1) is 24.0 Å². The molecular weight excluding hydrogens is 398 g/mol. The Morgan fingerprint density at radius 3 is 2.45 bits per heavy atom. The van der Waals surface area contributed by atoms with Crippen LogP contribution < -0.4 is 16.0 Å². The molecule has 1 aromatic carbocycles. The summed E-state index contributed by atoms with van der Waals surface area (Å²) in [7, 11) is 1.69. The maximum absolute atomic E-state index is 13.4. The molecule has 0 aromatic heterocycles. The van der Waals surface area contributed by atoms with Crippen molar-refractivity contribution >= 4 is 35.8 Å². The van der Waals surface area contributed by atoms with Crippen molar-refractivity contribution in [1.82, 2.24) is 16.0 Å². The zero-order chi connectivity index (χ0) is 15.8. The van der Waals surface area contributed by atoms with Gasteiger partial charge in [0.25, 0.3) is 5.91 Å². The maximum atomic E-state index is 13.4. The van der Waals surface area contributed by atoms with Gasteiger partial charge in [0.2, 0.25) is 0 Å². The molecule has 1 aromatic rings. The minimum absolute atomic E-state index is 0. The fourth-order valence-electron chi connectivity index (χ4n) is 1.66. The van der Waals surface area contributed by atoms with Crippen molar-refractivity contribution in [3.05, 3.63) is 35.1 Å². The number of carbonyl (C=O) groups is 1. The zero-order valence-corrected chi connectivity index (χ0v) is 15.7. The van der Waals surface area contributed by atoms with Crippen LogP contribution in [0.2, 0.25) is 0 Å². The molecule has 5 nitrogen and oxygen atoms in total. The van der Waals surface area contributed by atoms with Crippen molar-refractivity contribution in [2.45, 2.75) is 26.8 Å². The Balaban J connectivity index is 0.00000441. The molecule has 22 heavy (non-hydrogen) atoms. The van der Waals surface area contributed by atoms with Gasteiger partial charge in [-0.2, -0.15) is 0 Å². The first-order valence-electron chi connectivity index (χ1n) is 6.95. The first kappa shape index (κ1) is 20.6. The second-order valence-electron chi connectivity index (χ2n) is 5.02. The SMILES string of the molecule is CN=C(NCCNC(=O)c1ccc(C)c(F)c1)NC(C)C.I. The zero-order valence-electron chi connectivity index (χ0n) is 13.4. The third-order valence-electron chi connectivity index (χ3n) is 2.79. The molecule has 0 fully saturated rings. The quantitative estimate of drug-likeness (QED) is 0.295. The number of nitrogens with zero attached hydrogens (tertiary/aromatic N) is 1. The van der Waals surface area contributed by atoms with Gasteiger partial charge in [0.1, 0.15) is 5.82 Å². The molecule has 0 aliphatic carbocycles. The van der Waals surface area contributed by atoms with Gasteiger partial charge in [-0.25, -0.2) is 4.39 Å². The van der Waals surface area contributed by atoms with Crippen LogP contribution in [0, 0.1) is 12.7 Å². The number of rotatable bonds is 5. The number of amides is 1. The number of halogens is 2. The highest BCUT2D eigenvalue weighted by Crippen LogP contribution is 2.08. The van der Waals surface area contributed by atoms with Crippen LogP contribution in [0.4, 0.5) is 4.39 Å². The Bertz CT molecular complexity index is 520. The standard InChI is InChI=1S/C15H23FN4O.HI/c1-10(2)20-15(17-4)19-8-7-18-14(21)12-6-5-11(3)13(16)9-12;/h5-6,9-10H,7-8H2,1-4H3,(H,18,21)(H2,17,19,20);1H. The smallest absolute Gasteiger partial charge is 0.251 e. The van der Waals surface area contributed by atoms with Gasteiger partial charge in [-0.05, 0) is 38.5 Å². The first-order chi connectivity index (χ1) is 9.93. The van der Waals surface area contributed by atoms with Crippen LogP contribution in [0.3, 0.4) is 0 Å². The summed E-state index contributed by atoms with van der Waals surface area (Å²) >= 11 is 0. The predicted molar refractivity (Wildman–Crippen MR) is 98.5 cm³/mol. The van der Waals surface area contributed by atoms with E-state index < -0.39 is 0 Å². The van der Waals surface area contributed by atoms with Crippen LogP contribution in [0.15, 0.2) is 23.2 Å². The van der Waals surface area contributed by atoms with Gasteiger partial charge in [0, 0.05) is 31.7 Å². The summed E-state index contributed by atoms with van der Waals surface area (Å²) in [6.45, 7) is 6.65. The minimum atomic E-state index is -0.373. The average molecular weight is 422 g/mol. The van der Waals surface area contributed by atoms with Gasteiger partial charge in [-0.1, -0.05) is 6.07 Å². The largest absolute Gasteiger partial charge is 0.355 e. The molecule has 0 saturated heterocycles. The highest BCUT2D eigenvalue weighted by molar-refractivity contribution is 14.0. The van der Waals surface area contributed by atoms with Crippen LogP contribution in [-0.4, -0.2) is 38.0 Å². The van der Waals surface area contributed by atoms with Gasteiger partial charge < -0.3 is 16.0 Å². The molecule has 0 atom stereocenters. The first-order valence-corrected chi connectivity index (χ1v) is 6.95. The molecule has 1 rings (SSSR count). The van der Waals surface area contributed by atoms with E-state index in [1.54, 1.807) is 26.1 Å². The number of aliphatic imine (C=N–C) groups is 1. The molecule has 124 valence electrons. The Morgan fingerprint density at radius 1 is 1.27 bits per heavy atom. The lowest BCUT2D eigenvalue weighted by atomic mass is 10.1. The van der Waals surface area contributed by atoms with E-state index in [2.05, 4.69) is 20.9 Å². The minimum Gasteiger partial charge on any atom is -0.355 e. The van der Waals surface area contributed by atoms with E-state index >= 15 is 0 Å². The lowest BCUT2D eigenvalue weighted by molar-refractivity contribution is 0.0954. The van der Waals surface area contributed by atoms with E-state index in [0.717, 1.165) is 0 Å². The predicted octanol–water partition coefficient (Wildman–Crippen LogP) is 2.06. The summed E-state index contributed by atoms with van der Waals surface area (Å²) in [5.41, 5.74) is 0.847. The van der Waals surface area contributed by atoms with Crippen LogP contribution in [0.25, 0.3) is 0 Å². The van der Waals surface area contributed by atoms with E-state index in [-0.39, 0.29) is 41.7 Å². The number of aryl methyl sites for hydroxylation is 1. The van der Waals surface area contributed by atoms with Gasteiger partial charge >= 0.3 is 0 Å². The topological polar surface area (TPSA) is 65.5 Å². The molecule has 0 spiro atoms. The second-order valence-corrected chi connectivity index (χ2v) is 5.02. The number of nitrogens with one attached hydrogen (secondary N) is 3. The Kier molecular flexibility index (Phi) is 9.71. The third-order valence-corrected chi connectivity index (χ3v) is 2.79.